The molecule has 0 fully saturated rings. The second kappa shape index (κ2) is 36.3. The Kier molecular flexibility index (Phi) is 27.3. The Bertz CT molecular complexity index is 4500. The van der Waals surface area contributed by atoms with E-state index < -0.39 is 11.2 Å². The van der Waals surface area contributed by atoms with Crippen LogP contribution in [0.3, 0.4) is 0 Å². The van der Waals surface area contributed by atoms with Gasteiger partial charge in [0.25, 0.3) is 5.24 Å². The van der Waals surface area contributed by atoms with E-state index in [-0.39, 0.29) is 5.56 Å². The fourth-order valence-electron chi connectivity index (χ4n) is 8.13. The molecule has 0 aliphatic rings. The van der Waals surface area contributed by atoms with Gasteiger partial charge in [-0.3, -0.25) is 14.8 Å². The summed E-state index contributed by atoms with van der Waals surface area (Å²) in [7, 11) is 0. The van der Waals surface area contributed by atoms with Gasteiger partial charge in [-0.1, -0.05) is 198 Å². The highest BCUT2D eigenvalue weighted by atomic mass is 79.9. The van der Waals surface area contributed by atoms with Crippen LogP contribution in [-0.2, 0) is 0 Å². The Hall–Kier alpha value is -9.18. The van der Waals surface area contributed by atoms with Crippen LogP contribution in [0.2, 0.25) is 20.1 Å². The third-order valence-corrected chi connectivity index (χ3v) is 17.0. The van der Waals surface area contributed by atoms with Gasteiger partial charge in [-0.05, 0) is 169 Å². The number of hydrogen-bond acceptors (Lipinski definition) is 11. The number of carboxylic acid groups (broad SMARTS) is 1. The molecule has 0 unspecified atom stereocenters. The minimum Gasteiger partial charge on any atom is -0.478 e. The molecule has 0 spiro atoms. The number of aromatic carboxylic acids is 1. The topological polar surface area (TPSA) is 181 Å². The first kappa shape index (κ1) is 70.7. The first-order chi connectivity index (χ1) is 45.5. The number of halogens is 8. The minimum atomic E-state index is -0.956. The summed E-state index contributed by atoms with van der Waals surface area (Å²) < 4.78 is 2.07. The molecule has 4 aromatic heterocycles. The van der Waals surface area contributed by atoms with Gasteiger partial charge in [0.2, 0.25) is 0 Å². The molecule has 0 atom stereocenters. The van der Waals surface area contributed by atoms with Crippen LogP contribution in [0.5, 0.6) is 0 Å². The molecule has 0 bridgehead atoms. The van der Waals surface area contributed by atoms with Crippen LogP contribution in [-0.4, -0.2) is 56.2 Å². The highest BCUT2D eigenvalue weighted by Gasteiger charge is 2.16. The van der Waals surface area contributed by atoms with Gasteiger partial charge < -0.3 is 5.11 Å². The molecule has 1 N–H and O–H groups in total. The predicted octanol–water partition coefficient (Wildman–Crippen LogP) is 22.1. The van der Waals surface area contributed by atoms with Crippen molar-refractivity contribution in [2.45, 2.75) is 6.92 Å². The highest BCUT2D eigenvalue weighted by Crippen LogP contribution is 2.34. The molecular weight excluding hydrogens is 1480 g/mol. The van der Waals surface area contributed by atoms with Crippen LogP contribution >= 0.6 is 106 Å². The van der Waals surface area contributed by atoms with E-state index >= 15 is 0 Å². The number of carbonyl (C=O) groups is 2. The Morgan fingerprint density at radius 1 is 0.383 bits per heavy atom. The van der Waals surface area contributed by atoms with E-state index in [1.165, 1.54) is 23.8 Å². The monoisotopic (exact) mass is 1520 g/mol. The highest BCUT2D eigenvalue weighted by molar-refractivity contribution is 9.11. The number of hydrogen-bond donors (Lipinski definition) is 1. The van der Waals surface area contributed by atoms with Crippen molar-refractivity contribution in [2.75, 3.05) is 0 Å². The smallest absolute Gasteiger partial charge is 0.335 e. The summed E-state index contributed by atoms with van der Waals surface area (Å²) in [5, 5.41) is 18.7. The zero-order chi connectivity index (χ0) is 66.8. The fraction of sp³-hybridized carbons (Fsp3) is 0.0135. The van der Waals surface area contributed by atoms with Crippen LogP contribution < -0.4 is 0 Å². The molecule has 0 saturated carbocycles. The Balaban J connectivity index is 0.000000159. The summed E-state index contributed by atoms with van der Waals surface area (Å²) in [5.41, 5.74) is 9.90. The SMILES string of the molecule is Cc1cccnc1.Clc1ccc(-c2nc(-c3ccccc3)nc(-c3ccccc3)n2)cc1-c1cccnc1.Clc1ccc(-c2nc(-c3ccccc3)nc(-c3ccccc3)n2)cc1Br.N#Cc1ccccc1.O=C(Cl)c1ccc(Cl)c(Br)c1.O=C(O)c1ccc(Cl)c(Br)c1. The molecule has 0 aliphatic heterocycles. The summed E-state index contributed by atoms with van der Waals surface area (Å²) in [4.78, 5) is 57.5. The van der Waals surface area contributed by atoms with Gasteiger partial charge in [-0.15, -0.1) is 0 Å². The number of aryl methyl sites for hydroxylation is 1. The molecule has 4 heterocycles. The minimum absolute atomic E-state index is 0.223. The Labute approximate surface area is 593 Å². The number of carbonyl (C=O) groups excluding carboxylic acids is 1. The summed E-state index contributed by atoms with van der Waals surface area (Å²) in [5.74, 6) is 2.78. The van der Waals surface area contributed by atoms with Crippen molar-refractivity contribution < 1.29 is 14.7 Å². The van der Waals surface area contributed by atoms with Crippen molar-refractivity contribution in [3.8, 4) is 85.5 Å². The van der Waals surface area contributed by atoms with Crippen molar-refractivity contribution >= 4 is 117 Å². The maximum absolute atomic E-state index is 10.6. The number of pyridine rings is 2. The maximum atomic E-state index is 10.6. The largest absolute Gasteiger partial charge is 0.478 e. The zero-order valence-electron chi connectivity index (χ0n) is 49.3. The standard InChI is InChI=1S/C26H17ClN4.C21H13BrClN3.C7H3BrCl2O.C7H4BrClO2.C7H5N.C6H7N/c27-23-14-13-20(16-22(23)21-12-7-15-28-17-21)26-30-24(18-8-3-1-4-9-18)29-25(31-26)19-10-5-2-6-11-19;22-17-13-16(11-12-18(17)23)21-25-19(14-7-3-1-4-8-14)24-20(26-21)15-9-5-2-6-10-15;2*8-5-3-4(7(10)11)1-2-6(5)9;8-6-7-4-2-1-3-5-7;1-6-3-2-4-7-5-6/h1-17H;1-13H;1-3H;1-3H,(H,10,11);1-5H;2-5H,1H3. The average molecular weight is 1530 g/mol. The second-order valence-electron chi connectivity index (χ2n) is 19.5. The molecule has 9 aromatic carbocycles. The molecular formula is C74H49Br3Cl5N9O3. The lowest BCUT2D eigenvalue weighted by atomic mass is 10.0. The van der Waals surface area contributed by atoms with E-state index in [4.69, 9.17) is 83.3 Å². The van der Waals surface area contributed by atoms with Crippen molar-refractivity contribution in [3.05, 3.63) is 329 Å². The lowest BCUT2D eigenvalue weighted by molar-refractivity contribution is 0.0696. The van der Waals surface area contributed by atoms with Gasteiger partial charge in [0.15, 0.2) is 34.9 Å². The van der Waals surface area contributed by atoms with Gasteiger partial charge in [0, 0.05) is 93.3 Å². The van der Waals surface area contributed by atoms with Crippen LogP contribution in [0.1, 0.15) is 31.8 Å². The molecule has 0 saturated heterocycles. The molecule has 12 nitrogen and oxygen atoms in total. The third-order valence-electron chi connectivity index (χ3n) is 12.8. The van der Waals surface area contributed by atoms with E-state index in [0.29, 0.717) is 75.1 Å². The van der Waals surface area contributed by atoms with Crippen molar-refractivity contribution in [1.29, 1.82) is 5.26 Å². The number of aromatic nitrogens is 8. The molecule has 13 rings (SSSR count). The fourth-order valence-corrected chi connectivity index (χ4v) is 9.96. The number of carboxylic acids is 1. The summed E-state index contributed by atoms with van der Waals surface area (Å²) in [6, 6.07) is 79.3. The maximum Gasteiger partial charge on any atom is 0.335 e. The quantitative estimate of drug-likeness (QED) is 0.135. The van der Waals surface area contributed by atoms with Gasteiger partial charge >= 0.3 is 5.97 Å². The van der Waals surface area contributed by atoms with Crippen LogP contribution in [0, 0.1) is 18.3 Å². The number of rotatable bonds is 9. The van der Waals surface area contributed by atoms with E-state index in [0.717, 1.165) is 49.0 Å². The summed E-state index contributed by atoms with van der Waals surface area (Å²) in [6.45, 7) is 2.02. The molecule has 20 heteroatoms. The van der Waals surface area contributed by atoms with Gasteiger partial charge in [0.05, 0.1) is 32.3 Å². The van der Waals surface area contributed by atoms with Crippen molar-refractivity contribution in [3.63, 3.8) is 0 Å². The second-order valence-corrected chi connectivity index (χ2v) is 24.0. The predicted molar refractivity (Wildman–Crippen MR) is 389 cm³/mol. The van der Waals surface area contributed by atoms with Crippen molar-refractivity contribution in [2.24, 2.45) is 0 Å². The van der Waals surface area contributed by atoms with E-state index in [1.54, 1.807) is 48.9 Å². The zero-order valence-corrected chi connectivity index (χ0v) is 57.8. The van der Waals surface area contributed by atoms with Gasteiger partial charge in [-0.2, -0.15) is 5.26 Å². The molecule has 0 amide bonds. The van der Waals surface area contributed by atoms with Gasteiger partial charge in [0.1, 0.15) is 0 Å². The van der Waals surface area contributed by atoms with Crippen molar-refractivity contribution in [1.82, 2.24) is 39.9 Å². The third kappa shape index (κ3) is 21.4. The van der Waals surface area contributed by atoms with E-state index in [2.05, 4.69) is 72.7 Å². The first-order valence-electron chi connectivity index (χ1n) is 28.1. The lowest BCUT2D eigenvalue weighted by Gasteiger charge is -2.10. The normalized spacial score (nSPS) is 10.1. The summed E-state index contributed by atoms with van der Waals surface area (Å²) >= 11 is 38.9. The summed E-state index contributed by atoms with van der Waals surface area (Å²) in [6.07, 6.45) is 7.14. The average Bonchev–Trinajstić information content (AvgIpc) is 1.08. The number of nitriles is 1. The molecule has 0 radical (unpaired) electrons. The molecule has 13 aromatic rings. The molecule has 0 aliphatic carbocycles. The van der Waals surface area contributed by atoms with Gasteiger partial charge in [-0.25, -0.2) is 34.7 Å². The Morgan fingerprint density at radius 3 is 1.05 bits per heavy atom. The molecule has 464 valence electrons. The lowest BCUT2D eigenvalue weighted by Crippen LogP contribution is -2.00. The number of benzene rings is 9. The van der Waals surface area contributed by atoms with Crippen LogP contribution in [0.15, 0.2) is 287 Å². The molecule has 94 heavy (non-hydrogen) atoms. The first-order valence-corrected chi connectivity index (χ1v) is 32.3. The Morgan fingerprint density at radius 2 is 0.723 bits per heavy atom. The van der Waals surface area contributed by atoms with Crippen LogP contribution in [0.25, 0.3) is 79.5 Å². The van der Waals surface area contributed by atoms with Crippen LogP contribution in [0.4, 0.5) is 0 Å². The van der Waals surface area contributed by atoms with E-state index in [9.17, 15) is 9.59 Å². The number of nitrogens with zero attached hydrogens (tertiary/aromatic N) is 9. The van der Waals surface area contributed by atoms with E-state index in [1.807, 2.05) is 219 Å².